The molecule has 102 valence electrons. The number of ether oxygens (including phenoxy) is 2. The molecule has 4 nitrogen and oxygen atoms in total. The molecular weight excluding hydrogens is 310 g/mol. The number of hydrogen-bond acceptors (Lipinski definition) is 4. The van der Waals surface area contributed by atoms with Gasteiger partial charge in [0.1, 0.15) is 11.9 Å². The van der Waals surface area contributed by atoms with Crippen molar-refractivity contribution in [3.8, 4) is 5.75 Å². The van der Waals surface area contributed by atoms with Crippen molar-refractivity contribution in [1.29, 1.82) is 0 Å². The van der Waals surface area contributed by atoms with Crippen LogP contribution in [0.15, 0.2) is 16.6 Å². The predicted octanol–water partition coefficient (Wildman–Crippen LogP) is 1.48. The Labute approximate surface area is 120 Å². The molecule has 0 spiro atoms. The highest BCUT2D eigenvalue weighted by Crippen LogP contribution is 2.33. The number of halogens is 1. The number of carbonyl (C=O) groups excluding carboxylic acids is 1. The minimum Gasteiger partial charge on any atom is -0.493 e. The fraction of sp³-hybridized carbons (Fsp3) is 0.500. The van der Waals surface area contributed by atoms with Crippen LogP contribution in [0.25, 0.3) is 0 Å². The first-order valence-corrected chi connectivity index (χ1v) is 7.32. The molecule has 1 aromatic rings. The summed E-state index contributed by atoms with van der Waals surface area (Å²) in [5.41, 5.74) is 2.14. The smallest absolute Gasteiger partial charge is 0.167 e. The molecule has 0 bridgehead atoms. The molecule has 1 aromatic carbocycles. The second kappa shape index (κ2) is 5.61. The summed E-state index contributed by atoms with van der Waals surface area (Å²) in [6.45, 7) is 2.73. The van der Waals surface area contributed by atoms with E-state index in [1.807, 2.05) is 6.07 Å². The molecule has 19 heavy (non-hydrogen) atoms. The zero-order chi connectivity index (χ0) is 13.2. The van der Waals surface area contributed by atoms with Gasteiger partial charge < -0.3 is 14.8 Å². The van der Waals surface area contributed by atoms with Crippen LogP contribution < -0.4 is 10.1 Å². The highest BCUT2D eigenvalue weighted by molar-refractivity contribution is 9.10. The normalized spacial score (nSPS) is 21.8. The lowest BCUT2D eigenvalue weighted by Gasteiger charge is -2.22. The van der Waals surface area contributed by atoms with Crippen molar-refractivity contribution in [1.82, 2.24) is 5.32 Å². The first-order chi connectivity index (χ1) is 9.24. The van der Waals surface area contributed by atoms with E-state index in [0.717, 1.165) is 28.8 Å². The first kappa shape index (κ1) is 13.1. The Hall–Kier alpha value is -0.910. The molecule has 1 fully saturated rings. The molecule has 1 atom stereocenters. The number of carbonyl (C=O) groups is 1. The molecule has 5 heteroatoms. The van der Waals surface area contributed by atoms with Gasteiger partial charge in [0.2, 0.25) is 0 Å². The number of fused-ring (bicyclic) bond motifs is 1. The minimum absolute atomic E-state index is 0.114. The van der Waals surface area contributed by atoms with Crippen LogP contribution in [0.3, 0.4) is 0 Å². The highest BCUT2D eigenvalue weighted by atomic mass is 79.9. The van der Waals surface area contributed by atoms with E-state index in [-0.39, 0.29) is 11.9 Å². The van der Waals surface area contributed by atoms with Crippen LogP contribution in [-0.2, 0) is 22.4 Å². The van der Waals surface area contributed by atoms with Gasteiger partial charge in [-0.05, 0) is 17.7 Å². The van der Waals surface area contributed by atoms with Crippen molar-refractivity contribution in [2.24, 2.45) is 0 Å². The van der Waals surface area contributed by atoms with Gasteiger partial charge in [0.15, 0.2) is 5.78 Å². The number of ketones is 1. The molecule has 1 N–H and O–H groups in total. The predicted molar refractivity (Wildman–Crippen MR) is 74.7 cm³/mol. The molecule has 0 aliphatic carbocycles. The maximum Gasteiger partial charge on any atom is 0.167 e. The fourth-order valence-electron chi connectivity index (χ4n) is 2.55. The fourth-order valence-corrected chi connectivity index (χ4v) is 3.10. The summed E-state index contributed by atoms with van der Waals surface area (Å²) >= 11 is 3.49. The molecule has 0 aromatic heterocycles. The molecule has 0 radical (unpaired) electrons. The van der Waals surface area contributed by atoms with Crippen molar-refractivity contribution in [2.45, 2.75) is 18.9 Å². The van der Waals surface area contributed by atoms with Crippen molar-refractivity contribution < 1.29 is 14.3 Å². The van der Waals surface area contributed by atoms with Crippen LogP contribution in [0, 0.1) is 0 Å². The summed E-state index contributed by atoms with van der Waals surface area (Å²) in [6, 6.07) is 4.04. The van der Waals surface area contributed by atoms with Gasteiger partial charge in [0.05, 0.1) is 13.2 Å². The van der Waals surface area contributed by atoms with Crippen LogP contribution in [0.2, 0.25) is 0 Å². The van der Waals surface area contributed by atoms with Crippen LogP contribution >= 0.6 is 15.9 Å². The summed E-state index contributed by atoms with van der Waals surface area (Å²) in [7, 11) is 0. The molecule has 0 saturated carbocycles. The molecule has 0 amide bonds. The Morgan fingerprint density at radius 3 is 3.11 bits per heavy atom. The SMILES string of the molecule is O=C(Cc1cc(Br)cc2c1OCC2)C1CNCCO1. The molecule has 2 aliphatic heterocycles. The van der Waals surface area contributed by atoms with Crippen LogP contribution in [0.5, 0.6) is 5.75 Å². The number of morpholine rings is 1. The van der Waals surface area contributed by atoms with Gasteiger partial charge in [0, 0.05) is 36.0 Å². The number of benzene rings is 1. The summed E-state index contributed by atoms with van der Waals surface area (Å²) < 4.78 is 12.1. The largest absolute Gasteiger partial charge is 0.493 e. The van der Waals surface area contributed by atoms with Crippen LogP contribution in [0.4, 0.5) is 0 Å². The topological polar surface area (TPSA) is 47.6 Å². The summed E-state index contributed by atoms with van der Waals surface area (Å²) in [5.74, 6) is 1.00. The van der Waals surface area contributed by atoms with E-state index in [0.29, 0.717) is 26.2 Å². The van der Waals surface area contributed by atoms with Gasteiger partial charge in [-0.25, -0.2) is 0 Å². The third-order valence-electron chi connectivity index (χ3n) is 3.48. The van der Waals surface area contributed by atoms with Gasteiger partial charge in [-0.1, -0.05) is 15.9 Å². The van der Waals surface area contributed by atoms with Gasteiger partial charge in [-0.15, -0.1) is 0 Å². The quantitative estimate of drug-likeness (QED) is 0.914. The number of nitrogens with one attached hydrogen (secondary N) is 1. The lowest BCUT2D eigenvalue weighted by molar-refractivity contribution is -0.131. The van der Waals surface area contributed by atoms with Gasteiger partial charge >= 0.3 is 0 Å². The maximum absolute atomic E-state index is 12.2. The van der Waals surface area contributed by atoms with Gasteiger partial charge in [-0.2, -0.15) is 0 Å². The second-order valence-corrected chi connectivity index (χ2v) is 5.77. The zero-order valence-corrected chi connectivity index (χ0v) is 12.2. The van der Waals surface area contributed by atoms with E-state index in [4.69, 9.17) is 9.47 Å². The number of rotatable bonds is 3. The molecule has 2 aliphatic rings. The molecular formula is C14H16BrNO3. The van der Waals surface area contributed by atoms with Crippen molar-refractivity contribution in [3.63, 3.8) is 0 Å². The zero-order valence-electron chi connectivity index (χ0n) is 10.6. The molecule has 1 unspecified atom stereocenters. The van der Waals surface area contributed by atoms with E-state index in [1.165, 1.54) is 5.56 Å². The molecule has 1 saturated heterocycles. The monoisotopic (exact) mass is 325 g/mol. The van der Waals surface area contributed by atoms with E-state index < -0.39 is 0 Å². The van der Waals surface area contributed by atoms with Crippen LogP contribution in [0.1, 0.15) is 11.1 Å². The Morgan fingerprint density at radius 1 is 1.42 bits per heavy atom. The lowest BCUT2D eigenvalue weighted by atomic mass is 10.0. The third-order valence-corrected chi connectivity index (χ3v) is 3.93. The Balaban J connectivity index is 1.77. The van der Waals surface area contributed by atoms with E-state index in [1.54, 1.807) is 0 Å². The van der Waals surface area contributed by atoms with Crippen molar-refractivity contribution in [3.05, 3.63) is 27.7 Å². The lowest BCUT2D eigenvalue weighted by Crippen LogP contribution is -2.43. The summed E-state index contributed by atoms with van der Waals surface area (Å²) in [4.78, 5) is 12.2. The van der Waals surface area contributed by atoms with Crippen LogP contribution in [-0.4, -0.2) is 38.2 Å². The summed E-state index contributed by atoms with van der Waals surface area (Å²) in [6.07, 6.45) is 0.954. The van der Waals surface area contributed by atoms with Crippen molar-refractivity contribution >= 4 is 21.7 Å². The number of Topliss-reactive ketones (excluding diaryl/α,β-unsaturated/α-hetero) is 1. The van der Waals surface area contributed by atoms with Crippen molar-refractivity contribution in [2.75, 3.05) is 26.3 Å². The average Bonchev–Trinajstić information content (AvgIpc) is 2.88. The molecule has 2 heterocycles. The standard InChI is InChI=1S/C14H16BrNO3/c15-11-5-9-1-3-19-14(9)10(6-11)7-12(17)13-8-16-2-4-18-13/h5-6,13,16H,1-4,7-8H2. The summed E-state index contributed by atoms with van der Waals surface area (Å²) in [5, 5.41) is 3.18. The Morgan fingerprint density at radius 2 is 2.32 bits per heavy atom. The molecule has 3 rings (SSSR count). The second-order valence-electron chi connectivity index (χ2n) is 4.86. The first-order valence-electron chi connectivity index (χ1n) is 6.53. The minimum atomic E-state index is -0.329. The van der Waals surface area contributed by atoms with Gasteiger partial charge in [0.25, 0.3) is 0 Å². The Bertz CT molecular complexity index is 498. The number of hydrogen-bond donors (Lipinski definition) is 1. The average molecular weight is 326 g/mol. The van der Waals surface area contributed by atoms with E-state index in [2.05, 4.69) is 27.3 Å². The third kappa shape index (κ3) is 2.83. The van der Waals surface area contributed by atoms with E-state index in [9.17, 15) is 4.79 Å². The maximum atomic E-state index is 12.2. The highest BCUT2D eigenvalue weighted by Gasteiger charge is 2.25. The Kier molecular flexibility index (Phi) is 3.86. The van der Waals surface area contributed by atoms with Gasteiger partial charge in [-0.3, -0.25) is 4.79 Å². The van der Waals surface area contributed by atoms with E-state index >= 15 is 0 Å².